The highest BCUT2D eigenvalue weighted by molar-refractivity contribution is 7.80. The van der Waals surface area contributed by atoms with Gasteiger partial charge >= 0.3 is 0 Å². The van der Waals surface area contributed by atoms with Gasteiger partial charge in [0.25, 0.3) is 5.69 Å². The summed E-state index contributed by atoms with van der Waals surface area (Å²) in [5.41, 5.74) is 0.780. The van der Waals surface area contributed by atoms with Gasteiger partial charge in [-0.15, -0.1) is 11.3 Å². The van der Waals surface area contributed by atoms with E-state index in [1.54, 1.807) is 23.5 Å². The van der Waals surface area contributed by atoms with Crippen LogP contribution in [0.25, 0.3) is 0 Å². The number of hydrogen-bond acceptors (Lipinski definition) is 5. The van der Waals surface area contributed by atoms with E-state index in [0.29, 0.717) is 17.7 Å². The molecule has 2 aromatic rings. The van der Waals surface area contributed by atoms with Crippen molar-refractivity contribution in [1.82, 2.24) is 5.32 Å². The van der Waals surface area contributed by atoms with Gasteiger partial charge in [-0.05, 0) is 35.8 Å². The molecule has 0 unspecified atom stereocenters. The highest BCUT2D eigenvalue weighted by Gasteiger charge is 2.27. The van der Waals surface area contributed by atoms with Crippen molar-refractivity contribution in [2.45, 2.75) is 6.04 Å². The third-order valence-corrected chi connectivity index (χ3v) is 5.55. The van der Waals surface area contributed by atoms with Crippen LogP contribution in [-0.4, -0.2) is 42.9 Å². The Morgan fingerprint density at radius 3 is 2.65 bits per heavy atom. The number of ether oxygens (including phenoxy) is 1. The van der Waals surface area contributed by atoms with E-state index in [-0.39, 0.29) is 5.69 Å². The maximum Gasteiger partial charge on any atom is 0.269 e. The molecule has 1 fully saturated rings. The molecule has 0 aliphatic carbocycles. The molecule has 26 heavy (non-hydrogen) atoms. The van der Waals surface area contributed by atoms with Crippen molar-refractivity contribution in [3.8, 4) is 0 Å². The van der Waals surface area contributed by atoms with E-state index in [9.17, 15) is 10.1 Å². The van der Waals surface area contributed by atoms with Gasteiger partial charge in [-0.25, -0.2) is 0 Å². The average molecular weight is 394 g/mol. The molecule has 7 nitrogen and oxygen atoms in total. The Bertz CT molecular complexity index is 731. The molecule has 0 spiro atoms. The fourth-order valence-corrected chi connectivity index (χ4v) is 4.04. The van der Waals surface area contributed by atoms with Gasteiger partial charge in [0.1, 0.15) is 19.1 Å². The van der Waals surface area contributed by atoms with Crippen molar-refractivity contribution in [2.24, 2.45) is 0 Å². The Morgan fingerprint density at radius 2 is 2.04 bits per heavy atom. The van der Waals surface area contributed by atoms with Gasteiger partial charge in [0.05, 0.1) is 29.6 Å². The molecule has 0 amide bonds. The lowest BCUT2D eigenvalue weighted by atomic mass is 10.2. The van der Waals surface area contributed by atoms with E-state index in [2.05, 4.69) is 28.1 Å². The minimum absolute atomic E-state index is 0.0584. The molecule has 0 saturated carbocycles. The van der Waals surface area contributed by atoms with Crippen molar-refractivity contribution < 1.29 is 14.6 Å². The summed E-state index contributed by atoms with van der Waals surface area (Å²) < 4.78 is 5.47. The van der Waals surface area contributed by atoms with Crippen LogP contribution in [0.2, 0.25) is 0 Å². The molecule has 138 valence electrons. The summed E-state index contributed by atoms with van der Waals surface area (Å²) in [4.78, 5) is 13.1. The second-order valence-electron chi connectivity index (χ2n) is 5.98. The van der Waals surface area contributed by atoms with E-state index in [1.807, 2.05) is 0 Å². The SMILES string of the molecule is O=[N+]([O-])c1ccc(NC(=S)NC[C@@H](c2cccs2)[NH+]2CCOCC2)cc1. The van der Waals surface area contributed by atoms with E-state index < -0.39 is 4.92 Å². The second-order valence-corrected chi connectivity index (χ2v) is 7.37. The molecule has 1 aliphatic rings. The first kappa shape index (κ1) is 18.7. The van der Waals surface area contributed by atoms with Crippen LogP contribution in [-0.2, 0) is 4.74 Å². The summed E-state index contributed by atoms with van der Waals surface area (Å²) in [6, 6.07) is 10.8. The third kappa shape index (κ3) is 4.98. The maximum atomic E-state index is 10.7. The highest BCUT2D eigenvalue weighted by atomic mass is 32.1. The number of benzene rings is 1. The highest BCUT2D eigenvalue weighted by Crippen LogP contribution is 2.17. The molecule has 0 bridgehead atoms. The number of nitro groups is 1. The molecule has 0 radical (unpaired) electrons. The molecule has 2 heterocycles. The largest absolute Gasteiger partial charge is 0.370 e. The van der Waals surface area contributed by atoms with Crippen LogP contribution >= 0.6 is 23.6 Å². The second kappa shape index (κ2) is 9.04. The summed E-state index contributed by atoms with van der Waals surface area (Å²) in [6.45, 7) is 4.24. The molecular weight excluding hydrogens is 372 g/mol. The zero-order valence-electron chi connectivity index (χ0n) is 14.1. The Morgan fingerprint density at radius 1 is 1.31 bits per heavy atom. The Labute approximate surface area is 161 Å². The minimum atomic E-state index is -0.420. The van der Waals surface area contributed by atoms with Gasteiger partial charge in [0.2, 0.25) is 0 Å². The minimum Gasteiger partial charge on any atom is -0.370 e. The van der Waals surface area contributed by atoms with E-state index >= 15 is 0 Å². The summed E-state index contributed by atoms with van der Waals surface area (Å²) in [5, 5.41) is 19.7. The topological polar surface area (TPSA) is 80.9 Å². The van der Waals surface area contributed by atoms with Crippen molar-refractivity contribution in [3.05, 3.63) is 56.8 Å². The standard InChI is InChI=1S/C17H20N4O3S2/c22-21(23)14-5-3-13(4-6-14)19-17(25)18-12-15(16-2-1-11-26-16)20-7-9-24-10-8-20/h1-6,11,15H,7-10,12H2,(H2,18,19,25)/p+1/t15-/m0/s1. The van der Waals surface area contributed by atoms with E-state index in [1.165, 1.54) is 21.9 Å². The van der Waals surface area contributed by atoms with Gasteiger partial charge in [-0.3, -0.25) is 10.1 Å². The Hall–Kier alpha value is -2.07. The monoisotopic (exact) mass is 393 g/mol. The Balaban J connectivity index is 1.57. The van der Waals surface area contributed by atoms with E-state index in [0.717, 1.165) is 32.0 Å². The molecule has 1 aliphatic heterocycles. The lowest BCUT2D eigenvalue weighted by molar-refractivity contribution is -0.937. The van der Waals surface area contributed by atoms with Crippen LogP contribution in [0.15, 0.2) is 41.8 Å². The number of thiophene rings is 1. The number of rotatable bonds is 6. The van der Waals surface area contributed by atoms with Crippen molar-refractivity contribution in [2.75, 3.05) is 38.2 Å². The summed E-state index contributed by atoms with van der Waals surface area (Å²) in [7, 11) is 0. The Kier molecular flexibility index (Phi) is 6.51. The predicted molar refractivity (Wildman–Crippen MR) is 106 cm³/mol. The molecule has 1 atom stereocenters. The van der Waals surface area contributed by atoms with Gasteiger partial charge < -0.3 is 20.3 Å². The number of hydrogen-bond donors (Lipinski definition) is 3. The first-order chi connectivity index (χ1) is 12.6. The molecule has 3 N–H and O–H groups in total. The first-order valence-corrected chi connectivity index (χ1v) is 9.67. The number of nitrogens with zero attached hydrogens (tertiary/aromatic N) is 1. The van der Waals surface area contributed by atoms with Crippen LogP contribution in [0.3, 0.4) is 0 Å². The number of thiocarbonyl (C=S) groups is 1. The molecule has 1 aromatic heterocycles. The van der Waals surface area contributed by atoms with Crippen molar-refractivity contribution >= 4 is 40.0 Å². The number of nitrogens with one attached hydrogen (secondary N) is 3. The number of non-ortho nitro benzene ring substituents is 1. The molecule has 9 heteroatoms. The average Bonchev–Trinajstić information content (AvgIpc) is 3.17. The number of morpholine rings is 1. The zero-order valence-corrected chi connectivity index (χ0v) is 15.8. The van der Waals surface area contributed by atoms with Gasteiger partial charge in [0.15, 0.2) is 5.11 Å². The number of quaternary nitrogens is 1. The fourth-order valence-electron chi connectivity index (χ4n) is 2.95. The zero-order chi connectivity index (χ0) is 18.4. The number of anilines is 1. The first-order valence-electron chi connectivity index (χ1n) is 8.38. The van der Waals surface area contributed by atoms with Crippen molar-refractivity contribution in [3.63, 3.8) is 0 Å². The normalized spacial score (nSPS) is 16.0. The maximum absolute atomic E-state index is 10.7. The van der Waals surface area contributed by atoms with Crippen LogP contribution in [0.4, 0.5) is 11.4 Å². The van der Waals surface area contributed by atoms with E-state index in [4.69, 9.17) is 17.0 Å². The molecule has 1 saturated heterocycles. The molecule has 3 rings (SSSR count). The van der Waals surface area contributed by atoms with Gasteiger partial charge in [-0.1, -0.05) is 6.07 Å². The summed E-state index contributed by atoms with van der Waals surface area (Å²) >= 11 is 7.14. The van der Waals surface area contributed by atoms with Gasteiger partial charge in [-0.2, -0.15) is 0 Å². The summed E-state index contributed by atoms with van der Waals surface area (Å²) in [6.07, 6.45) is 0. The lowest BCUT2D eigenvalue weighted by Crippen LogP contribution is -3.15. The lowest BCUT2D eigenvalue weighted by Gasteiger charge is -2.31. The van der Waals surface area contributed by atoms with Gasteiger partial charge in [0, 0.05) is 17.8 Å². The smallest absolute Gasteiger partial charge is 0.269 e. The molecule has 1 aromatic carbocycles. The number of nitro benzene ring substituents is 1. The van der Waals surface area contributed by atoms with Crippen LogP contribution < -0.4 is 15.5 Å². The fraction of sp³-hybridized carbons (Fsp3) is 0.353. The van der Waals surface area contributed by atoms with Crippen molar-refractivity contribution in [1.29, 1.82) is 0 Å². The third-order valence-electron chi connectivity index (χ3n) is 4.32. The molecular formula is C17H21N4O3S2+. The van der Waals surface area contributed by atoms with Crippen LogP contribution in [0.1, 0.15) is 10.9 Å². The predicted octanol–water partition coefficient (Wildman–Crippen LogP) is 1.60. The quantitative estimate of drug-likeness (QED) is 0.393. The van der Waals surface area contributed by atoms with Crippen LogP contribution in [0.5, 0.6) is 0 Å². The summed E-state index contributed by atoms with van der Waals surface area (Å²) in [5.74, 6) is 0. The van der Waals surface area contributed by atoms with Crippen LogP contribution in [0, 0.1) is 10.1 Å².